The molecule has 0 aliphatic heterocycles. The Kier molecular flexibility index (Phi) is 10.6. The summed E-state index contributed by atoms with van der Waals surface area (Å²) in [6.07, 6.45) is 2.51. The van der Waals surface area contributed by atoms with Crippen LogP contribution in [-0.2, 0) is 6.42 Å². The van der Waals surface area contributed by atoms with Gasteiger partial charge in [-0.1, -0.05) is 24.6 Å². The molecule has 1 heterocycles. The van der Waals surface area contributed by atoms with E-state index in [0.29, 0.717) is 11.6 Å². The van der Waals surface area contributed by atoms with Gasteiger partial charge in [-0.15, -0.1) is 36.4 Å². The number of hydrogen-bond donors (Lipinski definition) is 2. The van der Waals surface area contributed by atoms with Crippen LogP contribution in [0.4, 0.5) is 5.69 Å². The van der Waals surface area contributed by atoms with Gasteiger partial charge < -0.3 is 15.8 Å². The predicted molar refractivity (Wildman–Crippen MR) is 131 cm³/mol. The molecular weight excluding hydrogens is 452 g/mol. The summed E-state index contributed by atoms with van der Waals surface area (Å²) in [4.78, 5) is 4.85. The zero-order chi connectivity index (χ0) is 19.4. The maximum absolute atomic E-state index is 6.57. The van der Waals surface area contributed by atoms with Gasteiger partial charge in [0.2, 0.25) is 0 Å². The molecule has 0 fully saturated rings. The van der Waals surface area contributed by atoms with Crippen molar-refractivity contribution in [1.82, 2.24) is 4.98 Å². The van der Waals surface area contributed by atoms with E-state index in [4.69, 9.17) is 38.7 Å². The molecule has 0 radical (unpaired) electrons. The van der Waals surface area contributed by atoms with Crippen molar-refractivity contribution in [2.24, 2.45) is 5.73 Å². The molecular formula is C21H27Cl4N3O. The number of methoxy groups -OCH3 is 1. The summed E-state index contributed by atoms with van der Waals surface area (Å²) >= 11 is 12.8. The van der Waals surface area contributed by atoms with Crippen molar-refractivity contribution in [3.05, 3.63) is 40.9 Å². The highest BCUT2D eigenvalue weighted by Crippen LogP contribution is 2.39. The van der Waals surface area contributed by atoms with Crippen molar-refractivity contribution in [2.45, 2.75) is 31.6 Å². The SMILES string of the molecule is CCC(Cl)Cc1c2ccc(Cl)cc2nc2ccc(OC)c(NCCCN)c12.Cl.Cl. The monoisotopic (exact) mass is 477 g/mol. The minimum absolute atomic E-state index is 0. The van der Waals surface area contributed by atoms with E-state index in [0.717, 1.165) is 59.0 Å². The van der Waals surface area contributed by atoms with Crippen molar-refractivity contribution < 1.29 is 4.74 Å². The van der Waals surface area contributed by atoms with E-state index in [-0.39, 0.29) is 30.2 Å². The molecule has 0 aliphatic rings. The second-order valence-corrected chi connectivity index (χ2v) is 7.62. The molecule has 3 aromatic rings. The fourth-order valence-electron chi connectivity index (χ4n) is 3.33. The highest BCUT2D eigenvalue weighted by atomic mass is 35.5. The van der Waals surface area contributed by atoms with E-state index in [1.165, 1.54) is 5.56 Å². The lowest BCUT2D eigenvalue weighted by Gasteiger charge is -2.19. The van der Waals surface area contributed by atoms with Crippen molar-refractivity contribution >= 4 is 75.5 Å². The Hall–Kier alpha value is -1.17. The lowest BCUT2D eigenvalue weighted by molar-refractivity contribution is 0.417. The molecule has 0 saturated heterocycles. The number of nitrogens with two attached hydrogens (primary N) is 1. The number of hydrogen-bond acceptors (Lipinski definition) is 4. The van der Waals surface area contributed by atoms with Gasteiger partial charge in [0.05, 0.1) is 23.8 Å². The van der Waals surface area contributed by atoms with Gasteiger partial charge in [-0.3, -0.25) is 0 Å². The molecule has 0 amide bonds. The summed E-state index contributed by atoms with van der Waals surface area (Å²) in [5.74, 6) is 0.790. The first kappa shape index (κ1) is 25.9. The summed E-state index contributed by atoms with van der Waals surface area (Å²) in [6, 6.07) is 9.76. The number of fused-ring (bicyclic) bond motifs is 2. The van der Waals surface area contributed by atoms with Crippen LogP contribution < -0.4 is 15.8 Å². The maximum Gasteiger partial charge on any atom is 0.142 e. The van der Waals surface area contributed by atoms with Gasteiger partial charge in [-0.05, 0) is 55.6 Å². The van der Waals surface area contributed by atoms with E-state index in [1.807, 2.05) is 30.3 Å². The Morgan fingerprint density at radius 2 is 1.93 bits per heavy atom. The van der Waals surface area contributed by atoms with E-state index in [2.05, 4.69) is 12.2 Å². The fourth-order valence-corrected chi connectivity index (χ4v) is 3.65. The van der Waals surface area contributed by atoms with Crippen LogP contribution in [0.25, 0.3) is 21.8 Å². The van der Waals surface area contributed by atoms with E-state index < -0.39 is 0 Å². The number of alkyl halides is 1. The smallest absolute Gasteiger partial charge is 0.142 e. The fraction of sp³-hybridized carbons (Fsp3) is 0.381. The summed E-state index contributed by atoms with van der Waals surface area (Å²) in [5, 5.41) is 6.34. The van der Waals surface area contributed by atoms with Crippen LogP contribution in [0.1, 0.15) is 25.3 Å². The number of ether oxygens (including phenoxy) is 1. The highest BCUT2D eigenvalue weighted by molar-refractivity contribution is 6.31. The lowest BCUT2D eigenvalue weighted by atomic mass is 9.96. The summed E-state index contributed by atoms with van der Waals surface area (Å²) in [5.41, 5.74) is 9.56. The van der Waals surface area contributed by atoms with Gasteiger partial charge in [-0.2, -0.15) is 0 Å². The topological polar surface area (TPSA) is 60.2 Å². The Bertz CT molecular complexity index is 952. The summed E-state index contributed by atoms with van der Waals surface area (Å²) < 4.78 is 5.63. The molecule has 8 heteroatoms. The molecule has 1 aromatic heterocycles. The average molecular weight is 479 g/mol. The number of nitrogens with one attached hydrogen (secondary N) is 1. The normalized spacial score (nSPS) is 11.6. The maximum atomic E-state index is 6.57. The predicted octanol–water partition coefficient (Wildman–Crippen LogP) is 6.21. The first-order valence-corrected chi connectivity index (χ1v) is 10.1. The number of rotatable bonds is 8. The molecule has 0 aliphatic carbocycles. The average Bonchev–Trinajstić information content (AvgIpc) is 2.67. The van der Waals surface area contributed by atoms with Crippen molar-refractivity contribution in [3.8, 4) is 5.75 Å². The summed E-state index contributed by atoms with van der Waals surface area (Å²) in [7, 11) is 1.68. The number of aromatic nitrogens is 1. The van der Waals surface area contributed by atoms with E-state index in [9.17, 15) is 0 Å². The first-order chi connectivity index (χ1) is 13.1. The third-order valence-electron chi connectivity index (χ3n) is 4.74. The van der Waals surface area contributed by atoms with Gasteiger partial charge in [0.1, 0.15) is 5.75 Å². The van der Waals surface area contributed by atoms with Gasteiger partial charge in [0.25, 0.3) is 0 Å². The molecule has 1 atom stereocenters. The minimum Gasteiger partial charge on any atom is -0.495 e. The zero-order valence-corrected chi connectivity index (χ0v) is 19.6. The molecule has 2 aromatic carbocycles. The highest BCUT2D eigenvalue weighted by Gasteiger charge is 2.18. The van der Waals surface area contributed by atoms with Gasteiger partial charge in [0, 0.05) is 27.7 Å². The lowest BCUT2D eigenvalue weighted by Crippen LogP contribution is -2.11. The van der Waals surface area contributed by atoms with Crippen LogP contribution in [0.5, 0.6) is 5.75 Å². The van der Waals surface area contributed by atoms with Crippen molar-refractivity contribution in [3.63, 3.8) is 0 Å². The molecule has 0 bridgehead atoms. The van der Waals surface area contributed by atoms with Gasteiger partial charge >= 0.3 is 0 Å². The second-order valence-electron chi connectivity index (χ2n) is 6.57. The van der Waals surface area contributed by atoms with Gasteiger partial charge in [-0.25, -0.2) is 4.98 Å². The number of benzene rings is 2. The number of halogens is 4. The van der Waals surface area contributed by atoms with Crippen LogP contribution >= 0.6 is 48.0 Å². The molecule has 3 N–H and O–H groups in total. The van der Waals surface area contributed by atoms with Crippen LogP contribution in [0.2, 0.25) is 5.02 Å². The Morgan fingerprint density at radius 3 is 2.59 bits per heavy atom. The van der Waals surface area contributed by atoms with Crippen LogP contribution in [0.3, 0.4) is 0 Å². The van der Waals surface area contributed by atoms with Crippen LogP contribution in [0, 0.1) is 0 Å². The number of anilines is 1. The third-order valence-corrected chi connectivity index (χ3v) is 5.44. The number of pyridine rings is 1. The standard InChI is InChI=1S/C21H25Cl2N3O.2ClH/c1-3-13(22)11-16-15-6-5-14(23)12-18(15)26-17-7-8-19(27-2)21(20(16)17)25-10-4-9-24;;/h5-8,12-13,25H,3-4,9-11,24H2,1-2H3;2*1H. The van der Waals surface area contributed by atoms with Crippen molar-refractivity contribution in [1.29, 1.82) is 0 Å². The second kappa shape index (κ2) is 11.9. The first-order valence-electron chi connectivity index (χ1n) is 9.25. The van der Waals surface area contributed by atoms with E-state index >= 15 is 0 Å². The molecule has 0 saturated carbocycles. The van der Waals surface area contributed by atoms with Crippen molar-refractivity contribution in [2.75, 3.05) is 25.5 Å². The minimum atomic E-state index is 0. The molecule has 3 rings (SSSR count). The van der Waals surface area contributed by atoms with Gasteiger partial charge in [0.15, 0.2) is 0 Å². The third kappa shape index (κ3) is 5.71. The Balaban J connectivity index is 0.00000210. The zero-order valence-electron chi connectivity index (χ0n) is 16.5. The quantitative estimate of drug-likeness (QED) is 0.229. The molecule has 29 heavy (non-hydrogen) atoms. The van der Waals surface area contributed by atoms with Crippen LogP contribution in [-0.4, -0.2) is 30.6 Å². The Morgan fingerprint density at radius 1 is 1.17 bits per heavy atom. The largest absolute Gasteiger partial charge is 0.495 e. The molecule has 160 valence electrons. The van der Waals surface area contributed by atoms with E-state index in [1.54, 1.807) is 7.11 Å². The summed E-state index contributed by atoms with van der Waals surface area (Å²) in [6.45, 7) is 3.50. The molecule has 4 nitrogen and oxygen atoms in total. The molecule has 1 unspecified atom stereocenters. The Labute approximate surface area is 194 Å². The van der Waals surface area contributed by atoms with Crippen LogP contribution in [0.15, 0.2) is 30.3 Å². The molecule has 0 spiro atoms. The number of nitrogens with zero attached hydrogens (tertiary/aromatic N) is 1.